The molecule has 0 saturated heterocycles. The van der Waals surface area contributed by atoms with Crippen molar-refractivity contribution in [3.05, 3.63) is 23.3 Å². The van der Waals surface area contributed by atoms with Crippen molar-refractivity contribution >= 4 is 11.0 Å². The van der Waals surface area contributed by atoms with Crippen LogP contribution < -0.4 is 0 Å². The first kappa shape index (κ1) is 8.20. The molecule has 3 heteroatoms. The third-order valence-electron chi connectivity index (χ3n) is 2.43. The number of nitrogens with zero attached hydrogens (tertiary/aromatic N) is 1. The van der Waals surface area contributed by atoms with Gasteiger partial charge in [0.25, 0.3) is 0 Å². The van der Waals surface area contributed by atoms with Gasteiger partial charge < -0.3 is 0 Å². The Bertz CT molecular complexity index is 280. The van der Waals surface area contributed by atoms with E-state index in [2.05, 4.69) is 12.2 Å². The third kappa shape index (κ3) is 1.39. The highest BCUT2D eigenvalue weighted by Gasteiger charge is 2.21. The van der Waals surface area contributed by atoms with Crippen LogP contribution in [0.1, 0.15) is 12.8 Å². The van der Waals surface area contributed by atoms with Crippen molar-refractivity contribution in [1.29, 1.82) is 0 Å². The van der Waals surface area contributed by atoms with Crippen molar-refractivity contribution in [1.82, 2.24) is 4.31 Å². The molecule has 1 aliphatic carbocycles. The molecule has 12 heavy (non-hydrogen) atoms. The minimum atomic E-state index is -0.779. The summed E-state index contributed by atoms with van der Waals surface area (Å²) >= 11 is 0. The molecule has 0 spiro atoms. The minimum Gasteiger partial charge on any atom is -0.242 e. The highest BCUT2D eigenvalue weighted by Crippen LogP contribution is 2.24. The van der Waals surface area contributed by atoms with Gasteiger partial charge in [-0.05, 0) is 18.4 Å². The maximum Gasteiger partial charge on any atom is 0.0988 e. The Hall–Kier alpha value is -0.410. The van der Waals surface area contributed by atoms with E-state index in [1.54, 1.807) is 0 Å². The topological polar surface area (TPSA) is 20.3 Å². The van der Waals surface area contributed by atoms with Gasteiger partial charge in [0, 0.05) is 13.6 Å². The first-order valence-corrected chi connectivity index (χ1v) is 5.52. The average Bonchev–Trinajstić information content (AvgIpc) is 2.07. The molecule has 0 amide bonds. The van der Waals surface area contributed by atoms with E-state index in [-0.39, 0.29) is 0 Å². The van der Waals surface area contributed by atoms with E-state index >= 15 is 0 Å². The standard InChI is InChI=1S/C9H13NOS/c1-10-6-8-4-2-3-5-9(8)7-12(10)11/h3,5H,2,4,6-7H2,1H3. The van der Waals surface area contributed by atoms with Crippen molar-refractivity contribution < 1.29 is 4.21 Å². The van der Waals surface area contributed by atoms with Crippen molar-refractivity contribution in [2.45, 2.75) is 12.8 Å². The quantitative estimate of drug-likeness (QED) is 0.553. The summed E-state index contributed by atoms with van der Waals surface area (Å²) in [5.41, 5.74) is 2.80. The second-order valence-corrected chi connectivity index (χ2v) is 4.88. The highest BCUT2D eigenvalue weighted by molar-refractivity contribution is 7.82. The summed E-state index contributed by atoms with van der Waals surface area (Å²) in [4.78, 5) is 0. The second kappa shape index (κ2) is 3.15. The first-order chi connectivity index (χ1) is 5.77. The molecule has 2 rings (SSSR count). The lowest BCUT2D eigenvalue weighted by atomic mass is 9.98. The van der Waals surface area contributed by atoms with Crippen LogP contribution >= 0.6 is 0 Å². The van der Waals surface area contributed by atoms with Crippen LogP contribution in [0.15, 0.2) is 23.3 Å². The minimum absolute atomic E-state index is 0.725. The van der Waals surface area contributed by atoms with E-state index in [0.717, 1.165) is 25.1 Å². The molecule has 0 aromatic heterocycles. The van der Waals surface area contributed by atoms with E-state index in [0.29, 0.717) is 0 Å². The molecule has 0 N–H and O–H groups in total. The van der Waals surface area contributed by atoms with E-state index in [1.807, 2.05) is 11.4 Å². The summed E-state index contributed by atoms with van der Waals surface area (Å²) in [6.07, 6.45) is 6.64. The van der Waals surface area contributed by atoms with Gasteiger partial charge in [0.15, 0.2) is 0 Å². The Balaban J connectivity index is 2.27. The van der Waals surface area contributed by atoms with Gasteiger partial charge in [-0.15, -0.1) is 0 Å². The maximum absolute atomic E-state index is 11.4. The molecule has 1 atom stereocenters. The highest BCUT2D eigenvalue weighted by atomic mass is 32.2. The molecular weight excluding hydrogens is 170 g/mol. The number of hydrogen-bond donors (Lipinski definition) is 0. The Morgan fingerprint density at radius 1 is 1.58 bits per heavy atom. The fourth-order valence-corrected chi connectivity index (χ4v) is 2.76. The zero-order chi connectivity index (χ0) is 8.55. The van der Waals surface area contributed by atoms with Crippen molar-refractivity contribution in [3.63, 3.8) is 0 Å². The first-order valence-electron chi connectivity index (χ1n) is 4.24. The molecule has 66 valence electrons. The van der Waals surface area contributed by atoms with Crippen LogP contribution in [0.25, 0.3) is 0 Å². The molecule has 0 aromatic carbocycles. The zero-order valence-electron chi connectivity index (χ0n) is 7.25. The summed E-state index contributed by atoms with van der Waals surface area (Å²) in [7, 11) is 1.15. The zero-order valence-corrected chi connectivity index (χ0v) is 8.06. The number of allylic oxidation sites excluding steroid dienone is 2. The van der Waals surface area contributed by atoms with Gasteiger partial charge in [-0.25, -0.2) is 8.51 Å². The van der Waals surface area contributed by atoms with Crippen molar-refractivity contribution in [2.75, 3.05) is 19.3 Å². The SMILES string of the molecule is CN1CC2=C(C=CCC2)CS1=O. The van der Waals surface area contributed by atoms with E-state index < -0.39 is 11.0 Å². The van der Waals surface area contributed by atoms with Crippen LogP contribution in [-0.4, -0.2) is 27.9 Å². The van der Waals surface area contributed by atoms with Crippen molar-refractivity contribution in [3.8, 4) is 0 Å². The lowest BCUT2D eigenvalue weighted by Crippen LogP contribution is -2.32. The Morgan fingerprint density at radius 3 is 3.25 bits per heavy atom. The Labute approximate surface area is 75.5 Å². The summed E-state index contributed by atoms with van der Waals surface area (Å²) in [5.74, 6) is 0.725. The van der Waals surface area contributed by atoms with Crippen LogP contribution in [0.4, 0.5) is 0 Å². The fourth-order valence-electron chi connectivity index (χ4n) is 1.68. The van der Waals surface area contributed by atoms with Gasteiger partial charge in [0.05, 0.1) is 16.7 Å². The molecule has 0 aromatic rings. The lowest BCUT2D eigenvalue weighted by Gasteiger charge is -2.27. The number of likely N-dealkylation sites (N-methyl/N-ethyl adjacent to an activating group) is 1. The van der Waals surface area contributed by atoms with Crippen LogP contribution in [0.5, 0.6) is 0 Å². The monoisotopic (exact) mass is 183 g/mol. The van der Waals surface area contributed by atoms with Crippen molar-refractivity contribution in [2.24, 2.45) is 0 Å². The molecule has 0 fully saturated rings. The summed E-state index contributed by atoms with van der Waals surface area (Å²) in [6.45, 7) is 0.895. The second-order valence-electron chi connectivity index (χ2n) is 3.32. The molecule has 0 bridgehead atoms. The molecule has 1 unspecified atom stereocenters. The Morgan fingerprint density at radius 2 is 2.42 bits per heavy atom. The third-order valence-corrected chi connectivity index (χ3v) is 3.81. The molecule has 0 saturated carbocycles. The van der Waals surface area contributed by atoms with Crippen LogP contribution in [0, 0.1) is 0 Å². The van der Waals surface area contributed by atoms with E-state index in [1.165, 1.54) is 11.1 Å². The summed E-state index contributed by atoms with van der Waals surface area (Å²) < 4.78 is 13.3. The Kier molecular flexibility index (Phi) is 2.15. The summed E-state index contributed by atoms with van der Waals surface area (Å²) in [5, 5.41) is 0. The fraction of sp³-hybridized carbons (Fsp3) is 0.556. The number of hydrogen-bond acceptors (Lipinski definition) is 1. The van der Waals surface area contributed by atoms with Crippen LogP contribution in [-0.2, 0) is 11.0 Å². The molecule has 2 nitrogen and oxygen atoms in total. The van der Waals surface area contributed by atoms with Gasteiger partial charge in [0.2, 0.25) is 0 Å². The predicted molar refractivity (Wildman–Crippen MR) is 51.0 cm³/mol. The predicted octanol–water partition coefficient (Wildman–Crippen LogP) is 1.24. The van der Waals surface area contributed by atoms with Crippen LogP contribution in [0.3, 0.4) is 0 Å². The van der Waals surface area contributed by atoms with E-state index in [4.69, 9.17) is 0 Å². The van der Waals surface area contributed by atoms with E-state index in [9.17, 15) is 4.21 Å². The molecule has 1 aliphatic heterocycles. The average molecular weight is 183 g/mol. The maximum atomic E-state index is 11.4. The van der Waals surface area contributed by atoms with Gasteiger partial charge in [0.1, 0.15) is 0 Å². The van der Waals surface area contributed by atoms with Gasteiger partial charge in [-0.2, -0.15) is 0 Å². The molecular formula is C9H13NOS. The van der Waals surface area contributed by atoms with Gasteiger partial charge in [-0.1, -0.05) is 17.7 Å². The lowest BCUT2D eigenvalue weighted by molar-refractivity contribution is 0.540. The van der Waals surface area contributed by atoms with Crippen LogP contribution in [0.2, 0.25) is 0 Å². The normalized spacial score (nSPS) is 30.6. The van der Waals surface area contributed by atoms with Gasteiger partial charge in [-0.3, -0.25) is 0 Å². The smallest absolute Gasteiger partial charge is 0.0988 e. The molecule has 0 radical (unpaired) electrons. The molecule has 2 aliphatic rings. The largest absolute Gasteiger partial charge is 0.242 e. The number of rotatable bonds is 0. The van der Waals surface area contributed by atoms with Gasteiger partial charge >= 0.3 is 0 Å². The summed E-state index contributed by atoms with van der Waals surface area (Å²) in [6, 6.07) is 0. The molecule has 1 heterocycles.